The molecule has 1 aromatic carbocycles. The van der Waals surface area contributed by atoms with Gasteiger partial charge in [-0.3, -0.25) is 9.78 Å². The van der Waals surface area contributed by atoms with Crippen LogP contribution in [0.25, 0.3) is 6.08 Å². The molecule has 1 N–H and O–H groups in total. The number of anilines is 2. The summed E-state index contributed by atoms with van der Waals surface area (Å²) in [6, 6.07) is 11.0. The van der Waals surface area contributed by atoms with Crippen LogP contribution in [-0.4, -0.2) is 15.8 Å². The molecule has 0 amide bonds. The lowest BCUT2D eigenvalue weighted by Gasteiger charge is -1.99. The summed E-state index contributed by atoms with van der Waals surface area (Å²) in [5, 5.41) is 4.49. The second-order valence-corrected chi connectivity index (χ2v) is 6.48. The van der Waals surface area contributed by atoms with Gasteiger partial charge in [0.15, 0.2) is 10.9 Å². The second kappa shape index (κ2) is 7.38. The number of ketones is 1. The number of aryl methyl sites for hydroxylation is 1. The maximum absolute atomic E-state index is 12.4. The van der Waals surface area contributed by atoms with Gasteiger partial charge in [0.2, 0.25) is 0 Å². The Kier molecular flexibility index (Phi) is 5.03. The molecule has 0 saturated carbocycles. The number of hydrogen-bond donors (Lipinski definition) is 1. The highest BCUT2D eigenvalue weighted by Gasteiger charge is 2.13. The highest BCUT2D eigenvalue weighted by molar-refractivity contribution is 7.17. The molecule has 0 aliphatic rings. The van der Waals surface area contributed by atoms with E-state index < -0.39 is 0 Å². The quantitative estimate of drug-likeness (QED) is 0.508. The van der Waals surface area contributed by atoms with E-state index in [4.69, 9.17) is 11.6 Å². The maximum atomic E-state index is 12.4. The molecule has 0 spiro atoms. The largest absolute Gasteiger partial charge is 0.330 e. The molecule has 6 heteroatoms. The van der Waals surface area contributed by atoms with Crippen LogP contribution in [0.3, 0.4) is 0 Å². The van der Waals surface area contributed by atoms with Crippen LogP contribution < -0.4 is 5.32 Å². The van der Waals surface area contributed by atoms with Crippen molar-refractivity contribution in [1.82, 2.24) is 9.97 Å². The van der Waals surface area contributed by atoms with Crippen LogP contribution in [0.5, 0.6) is 0 Å². The summed E-state index contributed by atoms with van der Waals surface area (Å²) in [7, 11) is 0. The van der Waals surface area contributed by atoms with E-state index in [0.717, 1.165) is 11.3 Å². The molecular weight excluding hydrogens is 342 g/mol. The number of rotatable bonds is 5. The fourth-order valence-electron chi connectivity index (χ4n) is 2.06. The summed E-state index contributed by atoms with van der Waals surface area (Å²) in [5.74, 6) is -0.0702. The number of nitrogens with one attached hydrogen (secondary N) is 1. The first-order chi connectivity index (χ1) is 11.6. The Balaban J connectivity index is 1.74. The lowest BCUT2D eigenvalue weighted by molar-refractivity contribution is 0.105. The molecule has 3 rings (SSSR count). The Morgan fingerprint density at radius 1 is 1.25 bits per heavy atom. The summed E-state index contributed by atoms with van der Waals surface area (Å²) in [4.78, 5) is 21.4. The van der Waals surface area contributed by atoms with Crippen molar-refractivity contribution in [1.29, 1.82) is 0 Å². The van der Waals surface area contributed by atoms with Crippen molar-refractivity contribution in [2.45, 2.75) is 6.92 Å². The van der Waals surface area contributed by atoms with E-state index in [2.05, 4.69) is 15.3 Å². The average Bonchev–Trinajstić information content (AvgIpc) is 2.95. The number of nitrogens with zero attached hydrogens (tertiary/aromatic N) is 2. The van der Waals surface area contributed by atoms with Gasteiger partial charge in [-0.25, -0.2) is 4.98 Å². The minimum Gasteiger partial charge on any atom is -0.330 e. The molecule has 24 heavy (non-hydrogen) atoms. The molecule has 3 aromatic rings. The average molecular weight is 356 g/mol. The molecule has 4 nitrogen and oxygen atoms in total. The first-order valence-corrected chi connectivity index (χ1v) is 8.44. The van der Waals surface area contributed by atoms with Crippen LogP contribution in [-0.2, 0) is 0 Å². The molecule has 0 saturated heterocycles. The molecule has 0 aliphatic carbocycles. The normalized spacial score (nSPS) is 10.9. The number of hydrogen-bond acceptors (Lipinski definition) is 5. The number of benzene rings is 1. The molecule has 2 heterocycles. The Morgan fingerprint density at radius 2 is 2.04 bits per heavy atom. The van der Waals surface area contributed by atoms with Gasteiger partial charge in [0.25, 0.3) is 0 Å². The van der Waals surface area contributed by atoms with Crippen LogP contribution >= 0.6 is 22.9 Å². The number of halogens is 1. The van der Waals surface area contributed by atoms with E-state index in [-0.39, 0.29) is 5.78 Å². The van der Waals surface area contributed by atoms with Gasteiger partial charge in [0, 0.05) is 11.2 Å². The smallest absolute Gasteiger partial charge is 0.197 e. The van der Waals surface area contributed by atoms with Gasteiger partial charge in [0.1, 0.15) is 0 Å². The van der Waals surface area contributed by atoms with E-state index >= 15 is 0 Å². The van der Waals surface area contributed by atoms with Crippen molar-refractivity contribution < 1.29 is 4.79 Å². The van der Waals surface area contributed by atoms with Crippen LogP contribution in [0.4, 0.5) is 10.8 Å². The van der Waals surface area contributed by atoms with Crippen molar-refractivity contribution in [2.24, 2.45) is 0 Å². The molecule has 0 aliphatic heterocycles. The zero-order valence-electron chi connectivity index (χ0n) is 12.9. The topological polar surface area (TPSA) is 54.9 Å². The molecule has 0 bridgehead atoms. The first kappa shape index (κ1) is 16.4. The van der Waals surface area contributed by atoms with Gasteiger partial charge >= 0.3 is 0 Å². The van der Waals surface area contributed by atoms with Gasteiger partial charge in [-0.15, -0.1) is 0 Å². The predicted molar refractivity (Wildman–Crippen MR) is 99.2 cm³/mol. The summed E-state index contributed by atoms with van der Waals surface area (Å²) >= 11 is 7.18. The Bertz CT molecular complexity index is 873. The summed E-state index contributed by atoms with van der Waals surface area (Å²) in [5.41, 5.74) is 2.46. The van der Waals surface area contributed by atoms with E-state index in [1.807, 2.05) is 31.2 Å². The summed E-state index contributed by atoms with van der Waals surface area (Å²) in [6.45, 7) is 1.83. The fraction of sp³-hybridized carbons (Fsp3) is 0.0556. The highest BCUT2D eigenvalue weighted by atomic mass is 35.5. The van der Waals surface area contributed by atoms with Gasteiger partial charge in [-0.2, -0.15) is 0 Å². The Hall–Kier alpha value is -2.50. The maximum Gasteiger partial charge on any atom is 0.197 e. The number of aromatic nitrogens is 2. The number of thiazole rings is 1. The number of pyridine rings is 1. The number of carbonyl (C=O) groups excluding carboxylic acids is 1. The van der Waals surface area contributed by atoms with Gasteiger partial charge < -0.3 is 5.32 Å². The molecule has 0 atom stereocenters. The van der Waals surface area contributed by atoms with Crippen molar-refractivity contribution in [3.05, 3.63) is 76.0 Å². The van der Waals surface area contributed by atoms with Crippen LogP contribution in [0, 0.1) is 6.92 Å². The predicted octanol–water partition coefficient (Wildman–Crippen LogP) is 5.14. The molecule has 0 fully saturated rings. The lowest BCUT2D eigenvalue weighted by atomic mass is 10.2. The van der Waals surface area contributed by atoms with E-state index in [0.29, 0.717) is 20.7 Å². The number of carbonyl (C=O) groups is 1. The molecule has 0 radical (unpaired) electrons. The van der Waals surface area contributed by atoms with E-state index in [1.165, 1.54) is 11.3 Å². The van der Waals surface area contributed by atoms with Crippen molar-refractivity contribution in [3.8, 4) is 0 Å². The molecule has 2 aromatic heterocycles. The van der Waals surface area contributed by atoms with Gasteiger partial charge in [-0.05, 0) is 42.8 Å². The highest BCUT2D eigenvalue weighted by Crippen LogP contribution is 2.26. The minimum absolute atomic E-state index is 0.0702. The monoisotopic (exact) mass is 355 g/mol. The van der Waals surface area contributed by atoms with Crippen molar-refractivity contribution in [3.63, 3.8) is 0 Å². The van der Waals surface area contributed by atoms with E-state index in [9.17, 15) is 4.79 Å². The van der Waals surface area contributed by atoms with E-state index in [1.54, 1.807) is 36.7 Å². The summed E-state index contributed by atoms with van der Waals surface area (Å²) < 4.78 is 0. The summed E-state index contributed by atoms with van der Waals surface area (Å²) in [6.07, 6.45) is 6.73. The standard InChI is InChI=1S/C18H14ClN3OS/c1-12-17(16(23)9-6-13-4-7-14(19)8-5-13)24-18(21-12)22-15-3-2-10-20-11-15/h2-11H,1H3,(H,21,22)/b9-6+. The molecular formula is C18H14ClN3OS. The Labute approximate surface area is 148 Å². The third-order valence-electron chi connectivity index (χ3n) is 3.23. The molecule has 120 valence electrons. The number of allylic oxidation sites excluding steroid dienone is 1. The van der Waals surface area contributed by atoms with Crippen LogP contribution in [0.1, 0.15) is 20.9 Å². The van der Waals surface area contributed by atoms with Crippen molar-refractivity contribution in [2.75, 3.05) is 5.32 Å². The lowest BCUT2D eigenvalue weighted by Crippen LogP contribution is -1.93. The third kappa shape index (κ3) is 4.07. The minimum atomic E-state index is -0.0702. The second-order valence-electron chi connectivity index (χ2n) is 5.05. The van der Waals surface area contributed by atoms with Crippen molar-refractivity contribution >= 4 is 45.6 Å². The van der Waals surface area contributed by atoms with Gasteiger partial charge in [0.05, 0.1) is 22.5 Å². The van der Waals surface area contributed by atoms with Crippen LogP contribution in [0.2, 0.25) is 5.02 Å². The third-order valence-corrected chi connectivity index (χ3v) is 4.57. The first-order valence-electron chi connectivity index (χ1n) is 7.24. The SMILES string of the molecule is Cc1nc(Nc2cccnc2)sc1C(=O)/C=C/c1ccc(Cl)cc1. The van der Waals surface area contributed by atoms with Gasteiger partial charge in [-0.1, -0.05) is 41.1 Å². The Morgan fingerprint density at radius 3 is 2.75 bits per heavy atom. The fourth-order valence-corrected chi connectivity index (χ4v) is 3.09. The molecule has 0 unspecified atom stereocenters. The van der Waals surface area contributed by atoms with Crippen LogP contribution in [0.15, 0.2) is 54.9 Å². The zero-order valence-corrected chi connectivity index (χ0v) is 14.4. The zero-order chi connectivity index (χ0) is 16.9.